The zero-order chi connectivity index (χ0) is 14.3. The average Bonchev–Trinajstić information content (AvgIpc) is 2.42. The van der Waals surface area contributed by atoms with E-state index < -0.39 is 0 Å². The molecular weight excluding hydrogens is 291 g/mol. The van der Waals surface area contributed by atoms with E-state index in [1.54, 1.807) is 18.2 Å². The molecule has 0 spiro atoms. The molecular formula is C17H12Cl2O. The molecule has 0 radical (unpaired) electrons. The summed E-state index contributed by atoms with van der Waals surface area (Å²) in [6.07, 6.45) is 0. The Kier molecular flexibility index (Phi) is 3.33. The van der Waals surface area contributed by atoms with Crippen molar-refractivity contribution in [1.82, 2.24) is 0 Å². The molecule has 20 heavy (non-hydrogen) atoms. The molecule has 3 aromatic rings. The summed E-state index contributed by atoms with van der Waals surface area (Å²) in [6, 6.07) is 15.2. The van der Waals surface area contributed by atoms with Crippen LogP contribution in [0.25, 0.3) is 21.9 Å². The van der Waals surface area contributed by atoms with Crippen LogP contribution in [0.15, 0.2) is 48.5 Å². The first-order valence-corrected chi connectivity index (χ1v) is 6.99. The minimum atomic E-state index is 0.266. The van der Waals surface area contributed by atoms with Crippen molar-refractivity contribution in [2.24, 2.45) is 0 Å². The minimum absolute atomic E-state index is 0.266. The quantitative estimate of drug-likeness (QED) is 0.600. The Morgan fingerprint density at radius 3 is 2.25 bits per heavy atom. The van der Waals surface area contributed by atoms with E-state index in [1.165, 1.54) is 0 Å². The molecule has 0 aliphatic rings. The number of fused-ring (bicyclic) bond motifs is 1. The van der Waals surface area contributed by atoms with Crippen LogP contribution in [-0.2, 0) is 0 Å². The highest BCUT2D eigenvalue weighted by atomic mass is 35.5. The van der Waals surface area contributed by atoms with Crippen molar-refractivity contribution < 1.29 is 5.11 Å². The fourth-order valence-electron chi connectivity index (χ4n) is 2.45. The summed E-state index contributed by atoms with van der Waals surface area (Å²) in [4.78, 5) is 0. The first kappa shape index (κ1) is 13.3. The third-order valence-corrected chi connectivity index (χ3v) is 3.88. The number of aromatic hydroxyl groups is 1. The van der Waals surface area contributed by atoms with Gasteiger partial charge in [0.05, 0.1) is 0 Å². The van der Waals surface area contributed by atoms with Crippen LogP contribution >= 0.6 is 23.2 Å². The zero-order valence-corrected chi connectivity index (χ0v) is 12.3. The summed E-state index contributed by atoms with van der Waals surface area (Å²) >= 11 is 12.1. The maximum atomic E-state index is 10.4. The van der Waals surface area contributed by atoms with Gasteiger partial charge in [-0.1, -0.05) is 47.5 Å². The molecule has 1 N–H and O–H groups in total. The summed E-state index contributed by atoms with van der Waals surface area (Å²) in [7, 11) is 0. The molecule has 0 fully saturated rings. The molecule has 3 heteroatoms. The van der Waals surface area contributed by atoms with E-state index >= 15 is 0 Å². The summed E-state index contributed by atoms with van der Waals surface area (Å²) in [5, 5.41) is 13.7. The van der Waals surface area contributed by atoms with Crippen LogP contribution in [-0.4, -0.2) is 5.11 Å². The highest BCUT2D eigenvalue weighted by Crippen LogP contribution is 2.38. The minimum Gasteiger partial charge on any atom is -0.507 e. The molecule has 0 atom stereocenters. The largest absolute Gasteiger partial charge is 0.507 e. The molecule has 3 aromatic carbocycles. The number of phenolic OH excluding ortho intramolecular Hbond substituents is 1. The first-order valence-electron chi connectivity index (χ1n) is 6.24. The molecule has 0 saturated carbocycles. The van der Waals surface area contributed by atoms with Gasteiger partial charge in [-0.2, -0.15) is 0 Å². The van der Waals surface area contributed by atoms with E-state index in [9.17, 15) is 5.11 Å². The lowest BCUT2D eigenvalue weighted by atomic mass is 9.96. The molecule has 0 aliphatic carbocycles. The van der Waals surface area contributed by atoms with Gasteiger partial charge in [-0.05, 0) is 53.1 Å². The van der Waals surface area contributed by atoms with Crippen molar-refractivity contribution in [3.8, 4) is 16.9 Å². The Hall–Kier alpha value is -1.70. The fourth-order valence-corrected chi connectivity index (χ4v) is 2.97. The van der Waals surface area contributed by atoms with Gasteiger partial charge in [-0.3, -0.25) is 0 Å². The van der Waals surface area contributed by atoms with Crippen LogP contribution in [0.2, 0.25) is 10.0 Å². The second kappa shape index (κ2) is 5.01. The number of hydrogen-bond acceptors (Lipinski definition) is 1. The van der Waals surface area contributed by atoms with Gasteiger partial charge in [0.15, 0.2) is 0 Å². The lowest BCUT2D eigenvalue weighted by Crippen LogP contribution is -1.86. The van der Waals surface area contributed by atoms with Crippen LogP contribution in [0, 0.1) is 6.92 Å². The molecule has 0 amide bonds. The van der Waals surface area contributed by atoms with Gasteiger partial charge >= 0.3 is 0 Å². The number of aryl methyl sites for hydroxylation is 1. The van der Waals surface area contributed by atoms with Crippen molar-refractivity contribution in [2.45, 2.75) is 6.92 Å². The third kappa shape index (κ3) is 2.24. The maximum Gasteiger partial charge on any atom is 0.126 e. The SMILES string of the molecule is Cc1c(O)c(-c2cc(Cl)cc(Cl)c2)cc2ccccc12. The van der Waals surface area contributed by atoms with Crippen LogP contribution < -0.4 is 0 Å². The van der Waals surface area contributed by atoms with Crippen molar-refractivity contribution >= 4 is 34.0 Å². The van der Waals surface area contributed by atoms with Gasteiger partial charge in [0.1, 0.15) is 5.75 Å². The summed E-state index contributed by atoms with van der Waals surface area (Å²) < 4.78 is 0. The van der Waals surface area contributed by atoms with E-state index in [0.717, 1.165) is 27.5 Å². The van der Waals surface area contributed by atoms with E-state index in [4.69, 9.17) is 23.2 Å². The Morgan fingerprint density at radius 1 is 0.900 bits per heavy atom. The van der Waals surface area contributed by atoms with Crippen molar-refractivity contribution in [3.63, 3.8) is 0 Å². The van der Waals surface area contributed by atoms with E-state index in [1.807, 2.05) is 37.3 Å². The van der Waals surface area contributed by atoms with Gasteiger partial charge in [0.25, 0.3) is 0 Å². The molecule has 1 nitrogen and oxygen atoms in total. The molecule has 3 rings (SSSR count). The lowest BCUT2D eigenvalue weighted by molar-refractivity contribution is 0.474. The molecule has 100 valence electrons. The van der Waals surface area contributed by atoms with Gasteiger partial charge in [0, 0.05) is 15.6 Å². The standard InChI is InChI=1S/C17H12Cl2O/c1-10-15-5-3-2-4-11(15)8-16(17(10)20)12-6-13(18)9-14(19)7-12/h2-9,20H,1H3. The third-order valence-electron chi connectivity index (χ3n) is 3.45. The Labute approximate surface area is 127 Å². The van der Waals surface area contributed by atoms with E-state index in [-0.39, 0.29) is 5.75 Å². The topological polar surface area (TPSA) is 20.2 Å². The number of rotatable bonds is 1. The zero-order valence-electron chi connectivity index (χ0n) is 10.8. The average molecular weight is 303 g/mol. The normalized spacial score (nSPS) is 10.9. The van der Waals surface area contributed by atoms with Crippen molar-refractivity contribution in [3.05, 3.63) is 64.1 Å². The highest BCUT2D eigenvalue weighted by molar-refractivity contribution is 6.35. The summed E-state index contributed by atoms with van der Waals surface area (Å²) in [5.41, 5.74) is 2.41. The van der Waals surface area contributed by atoms with Crippen LogP contribution in [0.1, 0.15) is 5.56 Å². The number of phenols is 1. The van der Waals surface area contributed by atoms with Gasteiger partial charge in [-0.15, -0.1) is 0 Å². The van der Waals surface area contributed by atoms with Gasteiger partial charge in [0.2, 0.25) is 0 Å². The molecule has 0 aliphatic heterocycles. The second-order valence-corrected chi connectivity index (χ2v) is 5.65. The van der Waals surface area contributed by atoms with Gasteiger partial charge < -0.3 is 5.11 Å². The van der Waals surface area contributed by atoms with Crippen LogP contribution in [0.3, 0.4) is 0 Å². The molecule has 0 heterocycles. The van der Waals surface area contributed by atoms with E-state index in [0.29, 0.717) is 10.0 Å². The van der Waals surface area contributed by atoms with Crippen molar-refractivity contribution in [2.75, 3.05) is 0 Å². The molecule has 0 aromatic heterocycles. The monoisotopic (exact) mass is 302 g/mol. The molecule has 0 unspecified atom stereocenters. The van der Waals surface area contributed by atoms with Crippen molar-refractivity contribution in [1.29, 1.82) is 0 Å². The Morgan fingerprint density at radius 2 is 1.55 bits per heavy atom. The fraction of sp³-hybridized carbons (Fsp3) is 0.0588. The predicted molar refractivity (Wildman–Crippen MR) is 85.8 cm³/mol. The Bertz CT molecular complexity index is 789. The Balaban J connectivity index is 2.33. The number of benzene rings is 3. The maximum absolute atomic E-state index is 10.4. The smallest absolute Gasteiger partial charge is 0.126 e. The number of hydrogen-bond donors (Lipinski definition) is 1. The molecule has 0 saturated heterocycles. The van der Waals surface area contributed by atoms with Crippen LogP contribution in [0.4, 0.5) is 0 Å². The second-order valence-electron chi connectivity index (χ2n) is 4.78. The highest BCUT2D eigenvalue weighted by Gasteiger charge is 2.12. The molecule has 0 bridgehead atoms. The van der Waals surface area contributed by atoms with Crippen LogP contribution in [0.5, 0.6) is 5.75 Å². The van der Waals surface area contributed by atoms with Gasteiger partial charge in [-0.25, -0.2) is 0 Å². The first-order chi connectivity index (χ1) is 9.56. The summed E-state index contributed by atoms with van der Waals surface area (Å²) in [6.45, 7) is 1.91. The number of halogens is 2. The lowest BCUT2D eigenvalue weighted by Gasteiger charge is -2.12. The predicted octanol–water partition coefficient (Wildman–Crippen LogP) is 5.83. The summed E-state index contributed by atoms with van der Waals surface area (Å²) in [5.74, 6) is 0.266. The van der Waals surface area contributed by atoms with E-state index in [2.05, 4.69) is 0 Å².